The number of hydrogen-bond acceptors (Lipinski definition) is 5. The molecule has 198 valence electrons. The summed E-state index contributed by atoms with van der Waals surface area (Å²) < 4.78 is 28.8. The van der Waals surface area contributed by atoms with E-state index in [4.69, 9.17) is 4.98 Å². The van der Waals surface area contributed by atoms with Crippen LogP contribution < -0.4 is 10.2 Å². The van der Waals surface area contributed by atoms with E-state index in [1.54, 1.807) is 23.5 Å². The molecular weight excluding hydrogens is 516 g/mol. The molecule has 1 saturated heterocycles. The molecule has 7 nitrogen and oxygen atoms in total. The van der Waals surface area contributed by atoms with E-state index in [0.717, 1.165) is 36.9 Å². The molecule has 0 saturated carbocycles. The number of carbonyl (C=O) groups excluding carboxylic acids is 1. The van der Waals surface area contributed by atoms with Gasteiger partial charge in [-0.1, -0.05) is 32.0 Å². The van der Waals surface area contributed by atoms with Crippen LogP contribution in [-0.4, -0.2) is 56.3 Å². The molecule has 2 N–H and O–H groups in total. The maximum Gasteiger partial charge on any atom is 0.279 e. The minimum absolute atomic E-state index is 0.0798. The Hall–Kier alpha value is -3.11. The van der Waals surface area contributed by atoms with Gasteiger partial charge in [0, 0.05) is 11.3 Å². The van der Waals surface area contributed by atoms with Gasteiger partial charge in [0.25, 0.3) is 5.91 Å². The minimum Gasteiger partial charge on any atom is -0.325 e. The Bertz CT molecular complexity index is 1540. The van der Waals surface area contributed by atoms with Crippen LogP contribution >= 0.6 is 11.3 Å². The van der Waals surface area contributed by atoms with Crippen LogP contribution in [0.2, 0.25) is 0 Å². The standard InChI is InChI=1S/C29H32N4O3S2/c1-20(2)22-7-11-25(12-8-22)38(35,36)33-16-14-32(15-17-33)19-28(34)30-24-9-5-23(6-10-24)29-31-26-13-4-21(3)18-27(26)37-29/h4-13,18,20H,14-17,19H2,1-3H3,(H,30,34)/p+1. The SMILES string of the molecule is Cc1ccc2nc(-c3ccc(NC(=O)C[NH+]4CCN(S(=O)(=O)c5ccc(C(C)C)cc5)CC4)cc3)sc2c1. The number of fused-ring (bicyclic) bond motifs is 1. The van der Waals surface area contributed by atoms with Crippen LogP contribution in [0.3, 0.4) is 0 Å². The third kappa shape index (κ3) is 5.81. The molecule has 3 aromatic carbocycles. The quantitative estimate of drug-likeness (QED) is 0.366. The minimum atomic E-state index is -3.53. The lowest BCUT2D eigenvalue weighted by atomic mass is 10.0. The zero-order valence-electron chi connectivity index (χ0n) is 21.9. The van der Waals surface area contributed by atoms with Crippen LogP contribution in [-0.2, 0) is 14.8 Å². The van der Waals surface area contributed by atoms with Crippen LogP contribution in [0.1, 0.15) is 30.9 Å². The summed E-state index contributed by atoms with van der Waals surface area (Å²) in [6.07, 6.45) is 0. The molecule has 1 aromatic heterocycles. The summed E-state index contributed by atoms with van der Waals surface area (Å²) in [5, 5.41) is 3.93. The predicted octanol–water partition coefficient (Wildman–Crippen LogP) is 3.92. The van der Waals surface area contributed by atoms with Crippen LogP contribution in [0.4, 0.5) is 5.69 Å². The molecule has 9 heteroatoms. The topological polar surface area (TPSA) is 83.8 Å². The second kappa shape index (κ2) is 10.9. The number of piperazine rings is 1. The van der Waals surface area contributed by atoms with E-state index in [-0.39, 0.29) is 5.91 Å². The van der Waals surface area contributed by atoms with Gasteiger partial charge in [-0.15, -0.1) is 11.3 Å². The molecule has 1 aliphatic heterocycles. The smallest absolute Gasteiger partial charge is 0.279 e. The average molecular weight is 550 g/mol. The van der Waals surface area contributed by atoms with Gasteiger partial charge in [0.2, 0.25) is 10.0 Å². The molecule has 0 unspecified atom stereocenters. The Kier molecular flexibility index (Phi) is 7.63. The number of amides is 1. The third-order valence-electron chi connectivity index (χ3n) is 6.98. The second-order valence-electron chi connectivity index (χ2n) is 10.2. The molecule has 0 atom stereocenters. The fourth-order valence-corrected chi connectivity index (χ4v) is 7.19. The van der Waals surface area contributed by atoms with Gasteiger partial charge in [-0.2, -0.15) is 4.31 Å². The first kappa shape index (κ1) is 26.5. The highest BCUT2D eigenvalue weighted by Gasteiger charge is 2.31. The van der Waals surface area contributed by atoms with E-state index >= 15 is 0 Å². The van der Waals surface area contributed by atoms with Crippen molar-refractivity contribution >= 4 is 43.2 Å². The molecular formula is C29H33N4O3S2+. The van der Waals surface area contributed by atoms with Gasteiger partial charge in [-0.3, -0.25) is 4.79 Å². The highest BCUT2D eigenvalue weighted by Crippen LogP contribution is 2.31. The van der Waals surface area contributed by atoms with Crippen molar-refractivity contribution in [1.29, 1.82) is 0 Å². The molecule has 38 heavy (non-hydrogen) atoms. The van der Waals surface area contributed by atoms with Crippen LogP contribution in [0.5, 0.6) is 0 Å². The van der Waals surface area contributed by atoms with Gasteiger partial charge in [0.05, 0.1) is 41.3 Å². The number of rotatable bonds is 7. The molecule has 4 aromatic rings. The van der Waals surface area contributed by atoms with Crippen molar-refractivity contribution < 1.29 is 18.1 Å². The number of thiazole rings is 1. The van der Waals surface area contributed by atoms with Crippen molar-refractivity contribution in [2.24, 2.45) is 0 Å². The molecule has 5 rings (SSSR count). The summed E-state index contributed by atoms with van der Waals surface area (Å²) in [6, 6.07) is 21.2. The number of aryl methyl sites for hydroxylation is 1. The predicted molar refractivity (Wildman–Crippen MR) is 153 cm³/mol. The van der Waals surface area contributed by atoms with Crippen LogP contribution in [0.15, 0.2) is 71.6 Å². The molecule has 2 heterocycles. The van der Waals surface area contributed by atoms with Gasteiger partial charge in [-0.25, -0.2) is 13.4 Å². The number of anilines is 1. The number of hydrogen-bond donors (Lipinski definition) is 2. The van der Waals surface area contributed by atoms with E-state index in [9.17, 15) is 13.2 Å². The normalized spacial score (nSPS) is 15.3. The first-order valence-electron chi connectivity index (χ1n) is 12.9. The van der Waals surface area contributed by atoms with E-state index in [2.05, 4.69) is 38.2 Å². The zero-order chi connectivity index (χ0) is 26.9. The lowest BCUT2D eigenvalue weighted by molar-refractivity contribution is -0.895. The van der Waals surface area contributed by atoms with Gasteiger partial charge in [0.1, 0.15) is 5.01 Å². The maximum absolute atomic E-state index is 13.1. The molecule has 1 amide bonds. The van der Waals surface area contributed by atoms with Crippen molar-refractivity contribution in [2.45, 2.75) is 31.6 Å². The number of carbonyl (C=O) groups is 1. The average Bonchev–Trinajstić information content (AvgIpc) is 3.32. The molecule has 0 radical (unpaired) electrons. The molecule has 1 aliphatic rings. The number of sulfonamides is 1. The van der Waals surface area contributed by atoms with Gasteiger partial charge >= 0.3 is 0 Å². The third-order valence-corrected chi connectivity index (χ3v) is 9.96. The van der Waals surface area contributed by atoms with Crippen molar-refractivity contribution in [1.82, 2.24) is 9.29 Å². The first-order valence-corrected chi connectivity index (χ1v) is 15.2. The van der Waals surface area contributed by atoms with Crippen LogP contribution in [0, 0.1) is 6.92 Å². The number of aromatic nitrogens is 1. The Labute approximate surface area is 228 Å². The Morgan fingerprint density at radius 3 is 2.37 bits per heavy atom. The first-order chi connectivity index (χ1) is 18.2. The van der Waals surface area contributed by atoms with Crippen molar-refractivity contribution in [3.8, 4) is 10.6 Å². The number of benzene rings is 3. The van der Waals surface area contributed by atoms with Crippen molar-refractivity contribution in [3.63, 3.8) is 0 Å². The number of nitrogens with zero attached hydrogens (tertiary/aromatic N) is 2. The summed E-state index contributed by atoms with van der Waals surface area (Å²) in [5.41, 5.74) is 5.08. The highest BCUT2D eigenvalue weighted by molar-refractivity contribution is 7.89. The maximum atomic E-state index is 13.1. The Morgan fingerprint density at radius 2 is 1.71 bits per heavy atom. The summed E-state index contributed by atoms with van der Waals surface area (Å²) in [7, 11) is -3.53. The fourth-order valence-electron chi connectivity index (χ4n) is 4.68. The Morgan fingerprint density at radius 1 is 1.03 bits per heavy atom. The highest BCUT2D eigenvalue weighted by atomic mass is 32.2. The number of nitrogens with one attached hydrogen (secondary N) is 2. The Balaban J connectivity index is 1.14. The molecule has 1 fully saturated rings. The molecule has 0 spiro atoms. The molecule has 0 bridgehead atoms. The van der Waals surface area contributed by atoms with Crippen molar-refractivity contribution in [2.75, 3.05) is 38.0 Å². The molecule has 0 aliphatic carbocycles. The van der Waals surface area contributed by atoms with Crippen LogP contribution in [0.25, 0.3) is 20.8 Å². The van der Waals surface area contributed by atoms with E-state index in [1.807, 2.05) is 42.5 Å². The largest absolute Gasteiger partial charge is 0.325 e. The van der Waals surface area contributed by atoms with E-state index < -0.39 is 10.0 Å². The summed E-state index contributed by atoms with van der Waals surface area (Å²) in [4.78, 5) is 18.8. The van der Waals surface area contributed by atoms with Gasteiger partial charge < -0.3 is 10.2 Å². The van der Waals surface area contributed by atoms with E-state index in [0.29, 0.717) is 43.5 Å². The summed E-state index contributed by atoms with van der Waals surface area (Å²) in [6.45, 7) is 8.52. The van der Waals surface area contributed by atoms with Crippen molar-refractivity contribution in [3.05, 3.63) is 77.9 Å². The number of quaternary nitrogens is 1. The summed E-state index contributed by atoms with van der Waals surface area (Å²) in [5.74, 6) is 0.273. The second-order valence-corrected chi connectivity index (χ2v) is 13.1. The van der Waals surface area contributed by atoms with Gasteiger partial charge in [-0.05, 0) is 72.5 Å². The lowest BCUT2D eigenvalue weighted by Gasteiger charge is -2.31. The summed E-state index contributed by atoms with van der Waals surface area (Å²) >= 11 is 1.66. The van der Waals surface area contributed by atoms with Gasteiger partial charge in [0.15, 0.2) is 6.54 Å². The fraction of sp³-hybridized carbons (Fsp3) is 0.310. The monoisotopic (exact) mass is 549 g/mol. The zero-order valence-corrected chi connectivity index (χ0v) is 23.5. The lowest BCUT2D eigenvalue weighted by Crippen LogP contribution is -3.15. The van der Waals surface area contributed by atoms with E-state index in [1.165, 1.54) is 9.87 Å².